The Hall–Kier alpha value is -2.64. The molecule has 0 spiro atoms. The highest BCUT2D eigenvalue weighted by atomic mass is 79.9. The molecular weight excluding hydrogens is 500 g/mol. The van der Waals surface area contributed by atoms with Crippen LogP contribution in [0.1, 0.15) is 21.5 Å². The zero-order valence-electron chi connectivity index (χ0n) is 15.6. The molecule has 0 heterocycles. The minimum Gasteiger partial charge on any atom is -0.496 e. The van der Waals surface area contributed by atoms with Crippen molar-refractivity contribution in [3.8, 4) is 11.5 Å². The predicted octanol–water partition coefficient (Wildman–Crippen LogP) is 5.56. The van der Waals surface area contributed by atoms with E-state index in [-0.39, 0.29) is 5.91 Å². The van der Waals surface area contributed by atoms with Gasteiger partial charge in [-0.2, -0.15) is 5.10 Å². The van der Waals surface area contributed by atoms with Gasteiger partial charge in [0.1, 0.15) is 18.1 Å². The van der Waals surface area contributed by atoms with Crippen LogP contribution in [0.5, 0.6) is 11.5 Å². The van der Waals surface area contributed by atoms with Crippen molar-refractivity contribution in [2.45, 2.75) is 6.61 Å². The monoisotopic (exact) mass is 516 g/mol. The van der Waals surface area contributed by atoms with Crippen molar-refractivity contribution in [2.75, 3.05) is 7.11 Å². The van der Waals surface area contributed by atoms with Crippen LogP contribution in [0, 0.1) is 0 Å². The van der Waals surface area contributed by atoms with Crippen LogP contribution >= 0.6 is 31.9 Å². The first-order valence-corrected chi connectivity index (χ1v) is 10.3. The molecule has 0 radical (unpaired) electrons. The third kappa shape index (κ3) is 5.92. The van der Waals surface area contributed by atoms with Crippen LogP contribution in [0.2, 0.25) is 0 Å². The number of nitrogens with zero attached hydrogens (tertiary/aromatic N) is 1. The van der Waals surface area contributed by atoms with Gasteiger partial charge in [-0.1, -0.05) is 56.1 Å². The third-order valence-corrected chi connectivity index (χ3v) is 4.96. The second kappa shape index (κ2) is 10.2. The van der Waals surface area contributed by atoms with E-state index in [2.05, 4.69) is 42.4 Å². The molecule has 0 unspecified atom stereocenters. The van der Waals surface area contributed by atoms with Crippen LogP contribution < -0.4 is 14.9 Å². The predicted molar refractivity (Wildman–Crippen MR) is 121 cm³/mol. The van der Waals surface area contributed by atoms with Gasteiger partial charge in [-0.25, -0.2) is 5.43 Å². The Kier molecular flexibility index (Phi) is 7.43. The van der Waals surface area contributed by atoms with Crippen LogP contribution in [-0.4, -0.2) is 19.2 Å². The summed E-state index contributed by atoms with van der Waals surface area (Å²) >= 11 is 6.81. The van der Waals surface area contributed by atoms with Gasteiger partial charge in [0.05, 0.1) is 18.9 Å². The molecule has 1 amide bonds. The van der Waals surface area contributed by atoms with Crippen LogP contribution in [0.15, 0.2) is 80.8 Å². The molecule has 0 bridgehead atoms. The fourth-order valence-corrected chi connectivity index (χ4v) is 3.39. The maximum absolute atomic E-state index is 12.4. The molecule has 0 atom stereocenters. The van der Waals surface area contributed by atoms with E-state index in [1.807, 2.05) is 48.5 Å². The number of hydrazone groups is 1. The maximum Gasteiger partial charge on any atom is 0.275 e. The SMILES string of the molecule is COc1ccc(Br)cc1C(=O)N/N=C/c1ccccc1OCc1cccc(Br)c1. The summed E-state index contributed by atoms with van der Waals surface area (Å²) in [4.78, 5) is 12.4. The number of para-hydroxylation sites is 1. The van der Waals surface area contributed by atoms with Gasteiger partial charge in [0, 0.05) is 14.5 Å². The van der Waals surface area contributed by atoms with E-state index in [9.17, 15) is 4.79 Å². The molecule has 0 fully saturated rings. The Labute approximate surface area is 186 Å². The number of methoxy groups -OCH3 is 1. The molecule has 0 aromatic heterocycles. The van der Waals surface area contributed by atoms with Gasteiger partial charge in [-0.3, -0.25) is 4.79 Å². The van der Waals surface area contributed by atoms with E-state index in [1.165, 1.54) is 7.11 Å². The quantitative estimate of drug-likeness (QED) is 0.329. The van der Waals surface area contributed by atoms with Crippen molar-refractivity contribution in [3.05, 3.63) is 92.4 Å². The normalized spacial score (nSPS) is 10.7. The minimum atomic E-state index is -0.369. The number of hydrogen-bond donors (Lipinski definition) is 1. The fourth-order valence-electron chi connectivity index (χ4n) is 2.58. The molecule has 3 aromatic rings. The van der Waals surface area contributed by atoms with Crippen molar-refractivity contribution < 1.29 is 14.3 Å². The molecule has 3 aromatic carbocycles. The fraction of sp³-hybridized carbons (Fsp3) is 0.0909. The molecule has 0 aliphatic heterocycles. The van der Waals surface area contributed by atoms with Gasteiger partial charge in [0.2, 0.25) is 0 Å². The first-order valence-electron chi connectivity index (χ1n) is 8.70. The Morgan fingerprint density at radius 3 is 2.59 bits per heavy atom. The van der Waals surface area contributed by atoms with Crippen molar-refractivity contribution in [2.24, 2.45) is 5.10 Å². The number of rotatable bonds is 7. The van der Waals surface area contributed by atoms with E-state index in [0.29, 0.717) is 23.7 Å². The van der Waals surface area contributed by atoms with Crippen LogP contribution in [0.4, 0.5) is 0 Å². The summed E-state index contributed by atoms with van der Waals surface area (Å²) in [7, 11) is 1.52. The third-order valence-electron chi connectivity index (χ3n) is 3.98. The average Bonchev–Trinajstić information content (AvgIpc) is 2.73. The highest BCUT2D eigenvalue weighted by Crippen LogP contribution is 2.23. The second-order valence-corrected chi connectivity index (χ2v) is 7.83. The Balaban J connectivity index is 1.68. The van der Waals surface area contributed by atoms with Gasteiger partial charge < -0.3 is 9.47 Å². The van der Waals surface area contributed by atoms with Crippen molar-refractivity contribution in [3.63, 3.8) is 0 Å². The summed E-state index contributed by atoms with van der Waals surface area (Å²) in [6, 6.07) is 20.6. The molecule has 1 N–H and O–H groups in total. The van der Waals surface area contributed by atoms with Gasteiger partial charge in [0.15, 0.2) is 0 Å². The van der Waals surface area contributed by atoms with Crippen molar-refractivity contribution in [1.29, 1.82) is 0 Å². The number of ether oxygens (including phenoxy) is 2. The lowest BCUT2D eigenvalue weighted by Gasteiger charge is -2.10. The smallest absolute Gasteiger partial charge is 0.275 e. The zero-order chi connectivity index (χ0) is 20.6. The number of hydrogen-bond acceptors (Lipinski definition) is 4. The standard InChI is InChI=1S/C22H18Br2N2O3/c1-28-21-10-9-18(24)12-19(21)22(27)26-25-13-16-6-2-3-8-20(16)29-14-15-5-4-7-17(23)11-15/h2-13H,14H2,1H3,(H,26,27)/b25-13+. The van der Waals surface area contributed by atoms with Crippen molar-refractivity contribution in [1.82, 2.24) is 5.43 Å². The molecule has 0 saturated carbocycles. The summed E-state index contributed by atoms with van der Waals surface area (Å²) in [5, 5.41) is 4.07. The Bertz CT molecular complexity index is 1040. The lowest BCUT2D eigenvalue weighted by atomic mass is 10.2. The highest BCUT2D eigenvalue weighted by Gasteiger charge is 2.12. The lowest BCUT2D eigenvalue weighted by molar-refractivity contribution is 0.0952. The summed E-state index contributed by atoms with van der Waals surface area (Å²) in [5.41, 5.74) is 4.71. The first-order chi connectivity index (χ1) is 14.1. The average molecular weight is 518 g/mol. The van der Waals surface area contributed by atoms with Crippen LogP contribution in [0.3, 0.4) is 0 Å². The zero-order valence-corrected chi connectivity index (χ0v) is 18.7. The van der Waals surface area contributed by atoms with Gasteiger partial charge in [-0.05, 0) is 48.0 Å². The molecule has 0 saturated heterocycles. The van der Waals surface area contributed by atoms with Gasteiger partial charge in [0.25, 0.3) is 5.91 Å². The first kappa shape index (κ1) is 21.1. The number of amides is 1. The maximum atomic E-state index is 12.4. The summed E-state index contributed by atoms with van der Waals surface area (Å²) in [6.07, 6.45) is 1.55. The van der Waals surface area contributed by atoms with Gasteiger partial charge in [-0.15, -0.1) is 0 Å². The topological polar surface area (TPSA) is 59.9 Å². The molecule has 0 aliphatic rings. The number of halogens is 2. The van der Waals surface area contributed by atoms with E-state index < -0.39 is 0 Å². The number of nitrogens with one attached hydrogen (secondary N) is 1. The molecule has 29 heavy (non-hydrogen) atoms. The van der Waals surface area contributed by atoms with E-state index in [4.69, 9.17) is 9.47 Å². The molecule has 7 heteroatoms. The summed E-state index contributed by atoms with van der Waals surface area (Å²) < 4.78 is 12.9. The number of carbonyl (C=O) groups excluding carboxylic acids is 1. The molecule has 5 nitrogen and oxygen atoms in total. The van der Waals surface area contributed by atoms with E-state index in [1.54, 1.807) is 24.4 Å². The molecule has 148 valence electrons. The summed E-state index contributed by atoms with van der Waals surface area (Å²) in [6.45, 7) is 0.423. The van der Waals surface area contributed by atoms with Gasteiger partial charge >= 0.3 is 0 Å². The van der Waals surface area contributed by atoms with Crippen LogP contribution in [0.25, 0.3) is 0 Å². The molecule has 3 rings (SSSR count). The van der Waals surface area contributed by atoms with Crippen molar-refractivity contribution >= 4 is 44.0 Å². The number of carbonyl (C=O) groups is 1. The second-order valence-electron chi connectivity index (χ2n) is 6.00. The van der Waals surface area contributed by atoms with Crippen LogP contribution in [-0.2, 0) is 6.61 Å². The number of benzene rings is 3. The summed E-state index contributed by atoms with van der Waals surface area (Å²) in [5.74, 6) is 0.774. The Morgan fingerprint density at radius 2 is 1.79 bits per heavy atom. The lowest BCUT2D eigenvalue weighted by Crippen LogP contribution is -2.18. The largest absolute Gasteiger partial charge is 0.496 e. The molecule has 0 aliphatic carbocycles. The minimum absolute atomic E-state index is 0.369. The van der Waals surface area contributed by atoms with E-state index >= 15 is 0 Å². The molecular formula is C22H18Br2N2O3. The highest BCUT2D eigenvalue weighted by molar-refractivity contribution is 9.10. The Morgan fingerprint density at radius 1 is 1.00 bits per heavy atom. The van der Waals surface area contributed by atoms with E-state index in [0.717, 1.165) is 20.1 Å².